The summed E-state index contributed by atoms with van der Waals surface area (Å²) in [4.78, 5) is 29.0. The molecular formula is C23H27N5O3. The highest BCUT2D eigenvalue weighted by atomic mass is 16.5. The van der Waals surface area contributed by atoms with Crippen molar-refractivity contribution in [2.75, 3.05) is 0 Å². The van der Waals surface area contributed by atoms with E-state index in [2.05, 4.69) is 20.7 Å². The lowest BCUT2D eigenvalue weighted by atomic mass is 10.0. The fraction of sp³-hybridized carbons (Fsp3) is 0.304. The molecule has 1 aromatic heterocycles. The minimum Gasteiger partial charge on any atom is -0.445 e. The average molecular weight is 422 g/mol. The lowest BCUT2D eigenvalue weighted by Crippen LogP contribution is -2.50. The maximum atomic E-state index is 12.8. The van der Waals surface area contributed by atoms with Gasteiger partial charge < -0.3 is 15.4 Å². The fourth-order valence-electron chi connectivity index (χ4n) is 3.07. The number of aromatic nitrogens is 3. The van der Waals surface area contributed by atoms with Crippen molar-refractivity contribution in [2.24, 2.45) is 5.92 Å². The Balaban J connectivity index is 1.56. The second-order valence-electron chi connectivity index (χ2n) is 7.59. The van der Waals surface area contributed by atoms with Crippen LogP contribution in [0, 0.1) is 5.92 Å². The van der Waals surface area contributed by atoms with Gasteiger partial charge in [-0.25, -0.2) is 14.5 Å². The molecule has 2 amide bonds. The predicted molar refractivity (Wildman–Crippen MR) is 116 cm³/mol. The summed E-state index contributed by atoms with van der Waals surface area (Å²) in [7, 11) is 0. The molecule has 0 aliphatic rings. The van der Waals surface area contributed by atoms with Crippen molar-refractivity contribution >= 4 is 12.0 Å². The van der Waals surface area contributed by atoms with Crippen LogP contribution in [-0.2, 0) is 16.1 Å². The molecule has 1 heterocycles. The summed E-state index contributed by atoms with van der Waals surface area (Å²) in [5, 5.41) is 9.74. The standard InChI is InChI=1S/C23H27N5O3/c1-16(2)21(27-23(30)31-13-18-7-5-4-6-8-18)22(29)26-17(3)19-9-11-20(12-10-19)28-15-24-14-25-28/h4-12,14-17,21H,13H2,1-3H3,(H,26,29)(H,27,30). The normalized spacial score (nSPS) is 12.8. The topological polar surface area (TPSA) is 98.1 Å². The van der Waals surface area contributed by atoms with E-state index in [1.807, 2.05) is 75.4 Å². The van der Waals surface area contributed by atoms with Gasteiger partial charge in [-0.1, -0.05) is 56.3 Å². The van der Waals surface area contributed by atoms with E-state index in [1.54, 1.807) is 11.0 Å². The van der Waals surface area contributed by atoms with E-state index < -0.39 is 12.1 Å². The minimum absolute atomic E-state index is 0.105. The van der Waals surface area contributed by atoms with Gasteiger partial charge in [-0.05, 0) is 36.1 Å². The predicted octanol–water partition coefficient (Wildman–Crippen LogP) is 3.40. The highest BCUT2D eigenvalue weighted by Crippen LogP contribution is 2.16. The van der Waals surface area contributed by atoms with E-state index in [0.717, 1.165) is 16.8 Å². The number of hydrogen-bond donors (Lipinski definition) is 2. The fourth-order valence-corrected chi connectivity index (χ4v) is 3.07. The zero-order valence-electron chi connectivity index (χ0n) is 17.9. The Labute approximate surface area is 181 Å². The van der Waals surface area contributed by atoms with E-state index in [9.17, 15) is 9.59 Å². The molecule has 2 aromatic carbocycles. The maximum absolute atomic E-state index is 12.8. The summed E-state index contributed by atoms with van der Waals surface area (Å²) in [6.45, 7) is 5.79. The van der Waals surface area contributed by atoms with Crippen molar-refractivity contribution in [1.29, 1.82) is 0 Å². The van der Waals surface area contributed by atoms with Gasteiger partial charge in [-0.15, -0.1) is 0 Å². The number of hydrogen-bond acceptors (Lipinski definition) is 5. The van der Waals surface area contributed by atoms with Crippen LogP contribution in [0.25, 0.3) is 5.69 Å². The number of ether oxygens (including phenoxy) is 1. The van der Waals surface area contributed by atoms with Crippen molar-refractivity contribution in [2.45, 2.75) is 39.5 Å². The maximum Gasteiger partial charge on any atom is 0.408 e. The molecule has 0 saturated heterocycles. The highest BCUT2D eigenvalue weighted by Gasteiger charge is 2.26. The second-order valence-corrected chi connectivity index (χ2v) is 7.59. The van der Waals surface area contributed by atoms with Gasteiger partial charge in [0.25, 0.3) is 0 Å². The lowest BCUT2D eigenvalue weighted by molar-refractivity contribution is -0.124. The van der Waals surface area contributed by atoms with E-state index >= 15 is 0 Å². The molecule has 0 aliphatic heterocycles. The molecule has 0 saturated carbocycles. The molecule has 3 rings (SSSR count). The molecule has 0 spiro atoms. The zero-order valence-corrected chi connectivity index (χ0v) is 17.9. The van der Waals surface area contributed by atoms with Crippen LogP contribution in [0.5, 0.6) is 0 Å². The number of amides is 2. The monoisotopic (exact) mass is 421 g/mol. The van der Waals surface area contributed by atoms with Crippen LogP contribution in [-0.4, -0.2) is 32.8 Å². The number of nitrogens with zero attached hydrogens (tertiary/aromatic N) is 3. The van der Waals surface area contributed by atoms with E-state index in [4.69, 9.17) is 4.74 Å². The summed E-state index contributed by atoms with van der Waals surface area (Å²) in [5.41, 5.74) is 2.69. The van der Waals surface area contributed by atoms with Gasteiger partial charge in [-0.2, -0.15) is 5.10 Å². The Morgan fingerprint density at radius 3 is 2.32 bits per heavy atom. The molecule has 2 unspecified atom stereocenters. The number of alkyl carbamates (subject to hydrolysis) is 1. The van der Waals surface area contributed by atoms with Gasteiger partial charge >= 0.3 is 6.09 Å². The third-order valence-corrected chi connectivity index (χ3v) is 4.87. The SMILES string of the molecule is CC(NC(=O)C(NC(=O)OCc1ccccc1)C(C)C)c1ccc(-n2cncn2)cc1. The third kappa shape index (κ3) is 6.15. The van der Waals surface area contributed by atoms with Crippen molar-refractivity contribution < 1.29 is 14.3 Å². The number of carbonyl (C=O) groups is 2. The highest BCUT2D eigenvalue weighted by molar-refractivity contribution is 5.86. The smallest absolute Gasteiger partial charge is 0.408 e. The summed E-state index contributed by atoms with van der Waals surface area (Å²) in [5.74, 6) is -0.370. The van der Waals surface area contributed by atoms with Gasteiger partial charge in [0.2, 0.25) is 5.91 Å². The summed E-state index contributed by atoms with van der Waals surface area (Å²) in [6, 6.07) is 16.1. The minimum atomic E-state index is -0.708. The summed E-state index contributed by atoms with van der Waals surface area (Å²) < 4.78 is 6.91. The molecule has 3 aromatic rings. The molecule has 162 valence electrons. The van der Waals surface area contributed by atoms with Crippen molar-refractivity contribution in [3.05, 3.63) is 78.4 Å². The molecule has 0 aliphatic carbocycles. The lowest BCUT2D eigenvalue weighted by Gasteiger charge is -2.24. The quantitative estimate of drug-likeness (QED) is 0.581. The zero-order chi connectivity index (χ0) is 22.2. The number of benzene rings is 2. The largest absolute Gasteiger partial charge is 0.445 e. The van der Waals surface area contributed by atoms with Gasteiger partial charge in [0.05, 0.1) is 11.7 Å². The van der Waals surface area contributed by atoms with Crippen LogP contribution >= 0.6 is 0 Å². The number of rotatable bonds is 8. The van der Waals surface area contributed by atoms with Crippen LogP contribution in [0.4, 0.5) is 4.79 Å². The van der Waals surface area contributed by atoms with Crippen molar-refractivity contribution in [3.8, 4) is 5.69 Å². The average Bonchev–Trinajstić information content (AvgIpc) is 3.31. The molecule has 2 N–H and O–H groups in total. The first-order valence-corrected chi connectivity index (χ1v) is 10.2. The molecule has 2 atom stereocenters. The molecular weight excluding hydrogens is 394 g/mol. The Kier molecular flexibility index (Phi) is 7.37. The number of carbonyl (C=O) groups excluding carboxylic acids is 2. The summed E-state index contributed by atoms with van der Waals surface area (Å²) >= 11 is 0. The summed E-state index contributed by atoms with van der Waals surface area (Å²) in [6.07, 6.45) is 2.47. The third-order valence-electron chi connectivity index (χ3n) is 4.87. The van der Waals surface area contributed by atoms with Crippen LogP contribution in [0.2, 0.25) is 0 Å². The van der Waals surface area contributed by atoms with Crippen molar-refractivity contribution in [3.63, 3.8) is 0 Å². The Bertz CT molecular complexity index is 972. The van der Waals surface area contributed by atoms with Crippen LogP contribution < -0.4 is 10.6 Å². The van der Waals surface area contributed by atoms with Crippen LogP contribution in [0.15, 0.2) is 67.3 Å². The molecule has 0 radical (unpaired) electrons. The van der Waals surface area contributed by atoms with Gasteiger partial charge in [0.15, 0.2) is 0 Å². The first-order chi connectivity index (χ1) is 14.9. The number of nitrogens with one attached hydrogen (secondary N) is 2. The van der Waals surface area contributed by atoms with Crippen LogP contribution in [0.3, 0.4) is 0 Å². The van der Waals surface area contributed by atoms with Gasteiger partial charge in [0.1, 0.15) is 25.3 Å². The van der Waals surface area contributed by atoms with E-state index in [-0.39, 0.29) is 24.5 Å². The molecule has 0 fully saturated rings. The molecule has 0 bridgehead atoms. The Morgan fingerprint density at radius 1 is 1.00 bits per heavy atom. The van der Waals surface area contributed by atoms with E-state index in [1.165, 1.54) is 6.33 Å². The first-order valence-electron chi connectivity index (χ1n) is 10.2. The van der Waals surface area contributed by atoms with Crippen LogP contribution in [0.1, 0.15) is 37.9 Å². The second kappa shape index (κ2) is 10.4. The van der Waals surface area contributed by atoms with Crippen molar-refractivity contribution in [1.82, 2.24) is 25.4 Å². The Hall–Kier alpha value is -3.68. The molecule has 8 nitrogen and oxygen atoms in total. The first kappa shape index (κ1) is 22.0. The molecule has 8 heteroatoms. The Morgan fingerprint density at radius 2 is 1.71 bits per heavy atom. The molecule has 31 heavy (non-hydrogen) atoms. The van der Waals surface area contributed by atoms with Gasteiger partial charge in [0, 0.05) is 0 Å². The van der Waals surface area contributed by atoms with E-state index in [0.29, 0.717) is 0 Å². The van der Waals surface area contributed by atoms with Gasteiger partial charge in [-0.3, -0.25) is 4.79 Å².